The van der Waals surface area contributed by atoms with Crippen molar-refractivity contribution in [2.45, 2.75) is 59.2 Å². The summed E-state index contributed by atoms with van der Waals surface area (Å²) in [7, 11) is 1.73. The number of hydrogen-bond donors (Lipinski definition) is 2. The van der Waals surface area contributed by atoms with Gasteiger partial charge in [-0.1, -0.05) is 20.8 Å². The van der Waals surface area contributed by atoms with Gasteiger partial charge in [0.2, 0.25) is 0 Å². The quantitative estimate of drug-likeness (QED) is 0.559. The number of ether oxygens (including phenoxy) is 1. The number of nitrogens with one attached hydrogen (secondary N) is 1. The highest BCUT2D eigenvalue weighted by Crippen LogP contribution is 2.25. The predicted octanol–water partition coefficient (Wildman–Crippen LogP) is 2.27. The van der Waals surface area contributed by atoms with Crippen molar-refractivity contribution in [3.63, 3.8) is 0 Å². The number of aromatic nitrogens is 2. The Bertz CT molecular complexity index is 420. The third kappa shape index (κ3) is 3.81. The Hall–Kier alpha value is -0.430. The maximum Gasteiger partial charge on any atom is 0.0766 e. The van der Waals surface area contributed by atoms with E-state index in [0.717, 1.165) is 29.6 Å². The van der Waals surface area contributed by atoms with Gasteiger partial charge in [0.1, 0.15) is 0 Å². The summed E-state index contributed by atoms with van der Waals surface area (Å²) in [6, 6.07) is 0.0583. The number of rotatable bonds is 8. The van der Waals surface area contributed by atoms with Crippen molar-refractivity contribution in [1.82, 2.24) is 15.2 Å². The zero-order valence-electron chi connectivity index (χ0n) is 13.1. The Morgan fingerprint density at radius 3 is 2.45 bits per heavy atom. The second kappa shape index (κ2) is 8.12. The molecule has 1 aromatic heterocycles. The van der Waals surface area contributed by atoms with Crippen LogP contribution in [-0.2, 0) is 24.1 Å². The van der Waals surface area contributed by atoms with E-state index in [9.17, 15) is 0 Å². The first-order chi connectivity index (χ1) is 9.49. The van der Waals surface area contributed by atoms with E-state index in [-0.39, 0.29) is 12.1 Å². The van der Waals surface area contributed by atoms with Crippen LogP contribution in [-0.4, -0.2) is 29.0 Å². The second-order valence-corrected chi connectivity index (χ2v) is 6.09. The average Bonchev–Trinajstić information content (AvgIpc) is 2.74. The molecule has 1 heterocycles. The lowest BCUT2D eigenvalue weighted by Gasteiger charge is -2.28. The van der Waals surface area contributed by atoms with Gasteiger partial charge in [-0.15, -0.1) is 0 Å². The molecule has 0 aliphatic carbocycles. The number of halogens is 1. The Morgan fingerprint density at radius 2 is 2.05 bits per heavy atom. The molecule has 0 saturated carbocycles. The second-order valence-electron chi connectivity index (χ2n) is 5.30. The van der Waals surface area contributed by atoms with Gasteiger partial charge in [0, 0.05) is 20.1 Å². The fourth-order valence-corrected chi connectivity index (χ4v) is 3.32. The van der Waals surface area contributed by atoms with Crippen LogP contribution >= 0.6 is 15.9 Å². The highest BCUT2D eigenvalue weighted by atomic mass is 79.9. The topological polar surface area (TPSA) is 65.1 Å². The molecule has 0 fully saturated rings. The molecule has 1 aromatic rings. The third-order valence-electron chi connectivity index (χ3n) is 3.65. The van der Waals surface area contributed by atoms with Crippen molar-refractivity contribution >= 4 is 15.9 Å². The van der Waals surface area contributed by atoms with E-state index >= 15 is 0 Å². The summed E-state index contributed by atoms with van der Waals surface area (Å²) in [4.78, 5) is 0. The minimum atomic E-state index is 0.0583. The molecule has 1 rings (SSSR count). The zero-order chi connectivity index (χ0) is 15.3. The molecule has 0 bridgehead atoms. The summed E-state index contributed by atoms with van der Waals surface area (Å²) >= 11 is 3.68. The summed E-state index contributed by atoms with van der Waals surface area (Å²) in [6.07, 6.45) is 1.77. The molecule has 2 atom stereocenters. The van der Waals surface area contributed by atoms with Crippen LogP contribution in [0.2, 0.25) is 0 Å². The standard InChI is InChI=1S/C14H27BrN4O/c1-6-10-13(15)12(19(7-2)18-10)8-11(17-16)14(20-5)9(3)4/h9,11,14,17H,6-8,16H2,1-5H3. The highest BCUT2D eigenvalue weighted by molar-refractivity contribution is 9.10. The van der Waals surface area contributed by atoms with Crippen molar-refractivity contribution in [1.29, 1.82) is 0 Å². The summed E-state index contributed by atoms with van der Waals surface area (Å²) in [5.74, 6) is 6.13. The van der Waals surface area contributed by atoms with Gasteiger partial charge < -0.3 is 4.74 Å². The molecule has 6 heteroatoms. The lowest BCUT2D eigenvalue weighted by molar-refractivity contribution is 0.0326. The van der Waals surface area contributed by atoms with Crippen LogP contribution in [0.3, 0.4) is 0 Å². The first-order valence-electron chi connectivity index (χ1n) is 7.22. The predicted molar refractivity (Wildman–Crippen MR) is 85.4 cm³/mol. The van der Waals surface area contributed by atoms with Gasteiger partial charge in [-0.25, -0.2) is 0 Å². The number of aryl methyl sites for hydroxylation is 2. The molecule has 0 saturated heterocycles. The minimum absolute atomic E-state index is 0.0583. The number of nitrogens with two attached hydrogens (primary N) is 1. The van der Waals surface area contributed by atoms with Gasteiger partial charge in [0.05, 0.1) is 28.0 Å². The zero-order valence-corrected chi connectivity index (χ0v) is 14.7. The molecule has 0 aliphatic heterocycles. The summed E-state index contributed by atoms with van der Waals surface area (Å²) < 4.78 is 8.74. The first-order valence-corrected chi connectivity index (χ1v) is 8.02. The molecule has 0 amide bonds. The van der Waals surface area contributed by atoms with E-state index in [1.807, 2.05) is 4.68 Å². The summed E-state index contributed by atoms with van der Waals surface area (Å²) in [5.41, 5.74) is 5.17. The Kier molecular flexibility index (Phi) is 7.15. The van der Waals surface area contributed by atoms with Gasteiger partial charge in [0.25, 0.3) is 0 Å². The number of hydrazine groups is 1. The average molecular weight is 347 g/mol. The number of nitrogens with zero attached hydrogens (tertiary/aromatic N) is 2. The monoisotopic (exact) mass is 346 g/mol. The molecular formula is C14H27BrN4O. The van der Waals surface area contributed by atoms with Crippen molar-refractivity contribution in [3.8, 4) is 0 Å². The van der Waals surface area contributed by atoms with Gasteiger partial charge in [0.15, 0.2) is 0 Å². The number of methoxy groups -OCH3 is 1. The maximum atomic E-state index is 5.74. The lowest BCUT2D eigenvalue weighted by atomic mass is 9.96. The molecule has 20 heavy (non-hydrogen) atoms. The fourth-order valence-electron chi connectivity index (χ4n) is 2.59. The van der Waals surface area contributed by atoms with Crippen LogP contribution in [0.1, 0.15) is 39.1 Å². The first kappa shape index (κ1) is 17.6. The van der Waals surface area contributed by atoms with E-state index in [0.29, 0.717) is 5.92 Å². The minimum Gasteiger partial charge on any atom is -0.380 e. The van der Waals surface area contributed by atoms with Gasteiger partial charge >= 0.3 is 0 Å². The smallest absolute Gasteiger partial charge is 0.0766 e. The molecule has 0 aliphatic rings. The largest absolute Gasteiger partial charge is 0.380 e. The molecular weight excluding hydrogens is 320 g/mol. The third-order valence-corrected chi connectivity index (χ3v) is 4.56. The number of hydrogen-bond acceptors (Lipinski definition) is 4. The van der Waals surface area contributed by atoms with Gasteiger partial charge in [-0.3, -0.25) is 16.0 Å². The summed E-state index contributed by atoms with van der Waals surface area (Å²) in [5, 5.41) is 4.62. The lowest BCUT2D eigenvalue weighted by Crippen LogP contribution is -2.48. The van der Waals surface area contributed by atoms with Crippen molar-refractivity contribution in [2.24, 2.45) is 11.8 Å². The fraction of sp³-hybridized carbons (Fsp3) is 0.786. The van der Waals surface area contributed by atoms with Crippen LogP contribution in [0.15, 0.2) is 4.47 Å². The molecule has 5 nitrogen and oxygen atoms in total. The van der Waals surface area contributed by atoms with Gasteiger partial charge in [-0.05, 0) is 35.2 Å². The van der Waals surface area contributed by atoms with Crippen LogP contribution < -0.4 is 11.3 Å². The van der Waals surface area contributed by atoms with Crippen LogP contribution in [0, 0.1) is 5.92 Å². The van der Waals surface area contributed by atoms with E-state index in [1.165, 1.54) is 5.69 Å². The molecule has 0 radical (unpaired) electrons. The van der Waals surface area contributed by atoms with Crippen LogP contribution in [0.4, 0.5) is 0 Å². The van der Waals surface area contributed by atoms with E-state index < -0.39 is 0 Å². The maximum absolute atomic E-state index is 5.74. The molecule has 0 spiro atoms. The van der Waals surface area contributed by atoms with Crippen LogP contribution in [0.5, 0.6) is 0 Å². The van der Waals surface area contributed by atoms with E-state index in [4.69, 9.17) is 10.6 Å². The normalized spacial score (nSPS) is 14.8. The van der Waals surface area contributed by atoms with Crippen molar-refractivity contribution in [2.75, 3.05) is 7.11 Å². The Labute approximate surface area is 130 Å². The Morgan fingerprint density at radius 1 is 1.40 bits per heavy atom. The molecule has 3 N–H and O–H groups in total. The molecule has 2 unspecified atom stereocenters. The van der Waals surface area contributed by atoms with Crippen LogP contribution in [0.25, 0.3) is 0 Å². The van der Waals surface area contributed by atoms with E-state index in [1.54, 1.807) is 7.11 Å². The SMILES string of the molecule is CCc1nn(CC)c(CC(NN)C(OC)C(C)C)c1Br. The molecule has 0 aromatic carbocycles. The molecule has 116 valence electrons. The van der Waals surface area contributed by atoms with E-state index in [2.05, 4.69) is 54.1 Å². The Balaban J connectivity index is 3.03. The van der Waals surface area contributed by atoms with Crippen molar-refractivity contribution < 1.29 is 4.74 Å². The van der Waals surface area contributed by atoms with Crippen molar-refractivity contribution in [3.05, 3.63) is 15.9 Å². The van der Waals surface area contributed by atoms with Gasteiger partial charge in [-0.2, -0.15) is 5.10 Å². The highest BCUT2D eigenvalue weighted by Gasteiger charge is 2.26. The summed E-state index contributed by atoms with van der Waals surface area (Å²) in [6.45, 7) is 9.35.